The van der Waals surface area contributed by atoms with Gasteiger partial charge in [-0.1, -0.05) is 17.3 Å². The fourth-order valence-electron chi connectivity index (χ4n) is 3.71. The molecule has 1 saturated heterocycles. The molecule has 2 aromatic heterocycles. The molecule has 1 fully saturated rings. The van der Waals surface area contributed by atoms with Crippen LogP contribution in [0, 0.1) is 13.8 Å². The van der Waals surface area contributed by atoms with E-state index in [1.807, 2.05) is 17.0 Å². The number of nitrogens with zero attached hydrogens (tertiary/aromatic N) is 4. The molecule has 3 aromatic rings. The first-order chi connectivity index (χ1) is 15.5. The molecule has 1 aliphatic heterocycles. The molecule has 1 amide bonds. The lowest BCUT2D eigenvalue weighted by Gasteiger charge is -2.31. The number of ether oxygens (including phenoxy) is 2. The van der Waals surface area contributed by atoms with Crippen molar-refractivity contribution in [3.8, 4) is 11.3 Å². The first-order valence-corrected chi connectivity index (χ1v) is 10.9. The van der Waals surface area contributed by atoms with E-state index < -0.39 is 0 Å². The zero-order chi connectivity index (χ0) is 22.5. The van der Waals surface area contributed by atoms with E-state index in [1.165, 1.54) is 11.1 Å². The van der Waals surface area contributed by atoms with Crippen molar-refractivity contribution in [3.05, 3.63) is 52.8 Å². The number of nitrogens with one attached hydrogen (secondary N) is 1. The Kier molecular flexibility index (Phi) is 6.96. The second kappa shape index (κ2) is 10.1. The standard InChI is InChI=1S/C23H29N5O4/c1-15-4-5-17(12-16(15)2)19-13-20(26-25-19)23(29)28-9-6-18(7-10-28)31-14-22-24-21(27-32-22)8-11-30-3/h4-5,12-13,18H,6-11,14H2,1-3H3,(H,25,26). The third-order valence-electron chi connectivity index (χ3n) is 5.82. The van der Waals surface area contributed by atoms with Crippen LogP contribution in [0.4, 0.5) is 0 Å². The van der Waals surface area contributed by atoms with Crippen LogP contribution in [0.5, 0.6) is 0 Å². The number of carbonyl (C=O) groups is 1. The van der Waals surface area contributed by atoms with Crippen molar-refractivity contribution >= 4 is 5.91 Å². The van der Waals surface area contributed by atoms with Crippen molar-refractivity contribution in [2.45, 2.75) is 45.8 Å². The van der Waals surface area contributed by atoms with Gasteiger partial charge in [0.2, 0.25) is 0 Å². The van der Waals surface area contributed by atoms with Crippen LogP contribution in [0.1, 0.15) is 46.2 Å². The van der Waals surface area contributed by atoms with Crippen molar-refractivity contribution < 1.29 is 18.8 Å². The molecule has 0 saturated carbocycles. The fourth-order valence-corrected chi connectivity index (χ4v) is 3.71. The number of H-pyrrole nitrogens is 1. The number of piperidine rings is 1. The van der Waals surface area contributed by atoms with Gasteiger partial charge in [-0.05, 0) is 49.9 Å². The van der Waals surface area contributed by atoms with Crippen LogP contribution in [0.2, 0.25) is 0 Å². The number of carbonyl (C=O) groups excluding carboxylic acids is 1. The summed E-state index contributed by atoms with van der Waals surface area (Å²) in [5.41, 5.74) is 4.72. The van der Waals surface area contributed by atoms with Crippen LogP contribution in [-0.4, -0.2) is 64.1 Å². The highest BCUT2D eigenvalue weighted by Gasteiger charge is 2.26. The molecule has 0 bridgehead atoms. The Bertz CT molecular complexity index is 1050. The van der Waals surface area contributed by atoms with Crippen LogP contribution >= 0.6 is 0 Å². The molecule has 0 aliphatic carbocycles. The van der Waals surface area contributed by atoms with E-state index in [0.717, 1.165) is 24.1 Å². The summed E-state index contributed by atoms with van der Waals surface area (Å²) in [5, 5.41) is 11.2. The maximum atomic E-state index is 12.9. The predicted molar refractivity (Wildman–Crippen MR) is 117 cm³/mol. The Morgan fingerprint density at radius 1 is 1.22 bits per heavy atom. The van der Waals surface area contributed by atoms with E-state index in [4.69, 9.17) is 14.0 Å². The van der Waals surface area contributed by atoms with Gasteiger partial charge in [-0.3, -0.25) is 9.89 Å². The van der Waals surface area contributed by atoms with Gasteiger partial charge in [0.1, 0.15) is 12.3 Å². The SMILES string of the molecule is COCCc1noc(COC2CCN(C(=O)c3cc(-c4ccc(C)c(C)c4)n[nH]3)CC2)n1. The topological polar surface area (TPSA) is 106 Å². The highest BCUT2D eigenvalue weighted by Crippen LogP contribution is 2.22. The molecule has 0 unspecified atom stereocenters. The molecule has 1 aromatic carbocycles. The van der Waals surface area contributed by atoms with Crippen molar-refractivity contribution in [2.75, 3.05) is 26.8 Å². The Balaban J connectivity index is 1.27. The molecular formula is C23H29N5O4. The highest BCUT2D eigenvalue weighted by molar-refractivity contribution is 5.93. The maximum Gasteiger partial charge on any atom is 0.271 e. The number of benzene rings is 1. The van der Waals surface area contributed by atoms with E-state index in [-0.39, 0.29) is 18.6 Å². The molecule has 9 nitrogen and oxygen atoms in total. The molecule has 0 atom stereocenters. The van der Waals surface area contributed by atoms with Gasteiger partial charge in [-0.15, -0.1) is 0 Å². The molecule has 0 radical (unpaired) electrons. The number of aromatic amines is 1. The first-order valence-electron chi connectivity index (χ1n) is 10.9. The quantitative estimate of drug-likeness (QED) is 0.575. The molecule has 0 spiro atoms. The molecule has 1 aliphatic rings. The van der Waals surface area contributed by atoms with Crippen LogP contribution < -0.4 is 0 Å². The van der Waals surface area contributed by atoms with E-state index >= 15 is 0 Å². The number of hydrogen-bond donors (Lipinski definition) is 1. The van der Waals surface area contributed by atoms with Crippen molar-refractivity contribution in [3.63, 3.8) is 0 Å². The monoisotopic (exact) mass is 439 g/mol. The van der Waals surface area contributed by atoms with Crippen LogP contribution in [0.3, 0.4) is 0 Å². The summed E-state index contributed by atoms with van der Waals surface area (Å²) in [6, 6.07) is 8.01. The van der Waals surface area contributed by atoms with Gasteiger partial charge in [0, 0.05) is 32.2 Å². The minimum Gasteiger partial charge on any atom is -0.384 e. The number of aryl methyl sites for hydroxylation is 2. The molecule has 9 heteroatoms. The lowest BCUT2D eigenvalue weighted by atomic mass is 10.0. The van der Waals surface area contributed by atoms with E-state index in [2.05, 4.69) is 46.3 Å². The number of hydrogen-bond acceptors (Lipinski definition) is 7. The van der Waals surface area contributed by atoms with Gasteiger partial charge in [-0.25, -0.2) is 0 Å². The van der Waals surface area contributed by atoms with Crippen molar-refractivity contribution in [1.82, 2.24) is 25.2 Å². The molecule has 170 valence electrons. The van der Waals surface area contributed by atoms with Gasteiger partial charge >= 0.3 is 0 Å². The Labute approximate surface area is 187 Å². The van der Waals surface area contributed by atoms with Gasteiger partial charge in [0.15, 0.2) is 5.82 Å². The lowest BCUT2D eigenvalue weighted by molar-refractivity contribution is -0.00988. The lowest BCUT2D eigenvalue weighted by Crippen LogP contribution is -2.41. The Morgan fingerprint density at radius 2 is 2.03 bits per heavy atom. The summed E-state index contributed by atoms with van der Waals surface area (Å²) >= 11 is 0. The average molecular weight is 440 g/mol. The third kappa shape index (κ3) is 5.23. The number of amides is 1. The smallest absolute Gasteiger partial charge is 0.271 e. The maximum absolute atomic E-state index is 12.9. The van der Waals surface area contributed by atoms with Crippen LogP contribution in [0.15, 0.2) is 28.8 Å². The normalized spacial score (nSPS) is 14.8. The van der Waals surface area contributed by atoms with Gasteiger partial charge < -0.3 is 18.9 Å². The molecule has 32 heavy (non-hydrogen) atoms. The molecule has 3 heterocycles. The number of methoxy groups -OCH3 is 1. The molecule has 4 rings (SSSR count). The van der Waals surface area contributed by atoms with Crippen LogP contribution in [-0.2, 0) is 22.5 Å². The van der Waals surface area contributed by atoms with Crippen molar-refractivity contribution in [2.24, 2.45) is 0 Å². The Hall–Kier alpha value is -3.04. The summed E-state index contributed by atoms with van der Waals surface area (Å²) in [7, 11) is 1.64. The van der Waals surface area contributed by atoms with Crippen LogP contribution in [0.25, 0.3) is 11.3 Å². The largest absolute Gasteiger partial charge is 0.384 e. The third-order valence-corrected chi connectivity index (χ3v) is 5.82. The van der Waals surface area contributed by atoms with E-state index in [0.29, 0.717) is 43.5 Å². The first kappa shape index (κ1) is 22.2. The predicted octanol–water partition coefficient (Wildman–Crippen LogP) is 3.09. The second-order valence-corrected chi connectivity index (χ2v) is 8.12. The minimum atomic E-state index is -0.0364. The molecule has 1 N–H and O–H groups in total. The summed E-state index contributed by atoms with van der Waals surface area (Å²) in [6.07, 6.45) is 2.18. The van der Waals surface area contributed by atoms with Gasteiger partial charge in [-0.2, -0.15) is 10.1 Å². The zero-order valence-corrected chi connectivity index (χ0v) is 18.8. The van der Waals surface area contributed by atoms with Gasteiger partial charge in [0.25, 0.3) is 11.8 Å². The highest BCUT2D eigenvalue weighted by atomic mass is 16.5. The summed E-state index contributed by atoms with van der Waals surface area (Å²) in [5.74, 6) is 1.04. The zero-order valence-electron chi connectivity index (χ0n) is 18.8. The second-order valence-electron chi connectivity index (χ2n) is 8.12. The Morgan fingerprint density at radius 3 is 2.78 bits per heavy atom. The van der Waals surface area contributed by atoms with E-state index in [1.54, 1.807) is 7.11 Å². The number of aromatic nitrogens is 4. The minimum absolute atomic E-state index is 0.0364. The number of likely N-dealkylation sites (tertiary alicyclic amines) is 1. The van der Waals surface area contributed by atoms with E-state index in [9.17, 15) is 4.79 Å². The molecular weight excluding hydrogens is 410 g/mol. The summed E-state index contributed by atoms with van der Waals surface area (Å²) in [6.45, 7) is 6.24. The average Bonchev–Trinajstić information content (AvgIpc) is 3.48. The number of rotatable bonds is 8. The van der Waals surface area contributed by atoms with Gasteiger partial charge in [0.05, 0.1) is 18.4 Å². The fraction of sp³-hybridized carbons (Fsp3) is 0.478. The summed E-state index contributed by atoms with van der Waals surface area (Å²) < 4.78 is 16.1. The summed E-state index contributed by atoms with van der Waals surface area (Å²) in [4.78, 5) is 19.0. The van der Waals surface area contributed by atoms with Crippen molar-refractivity contribution in [1.29, 1.82) is 0 Å².